The minimum absolute atomic E-state index is 0.218. The van der Waals surface area contributed by atoms with E-state index in [9.17, 15) is 4.79 Å². The van der Waals surface area contributed by atoms with Gasteiger partial charge in [-0.2, -0.15) is 4.89 Å². The molecule has 3 heteroatoms. The molecule has 0 bridgehead atoms. The second-order valence-electron chi connectivity index (χ2n) is 3.17. The monoisotopic (exact) mass is 194 g/mol. The third kappa shape index (κ3) is 3.58. The van der Waals surface area contributed by atoms with Crippen LogP contribution in [0.1, 0.15) is 25.3 Å². The topological polar surface area (TPSA) is 35.5 Å². The Bertz CT molecular complexity index is 282. The van der Waals surface area contributed by atoms with Crippen LogP contribution < -0.4 is 0 Å². The molecule has 1 unspecified atom stereocenters. The van der Waals surface area contributed by atoms with Gasteiger partial charge in [0, 0.05) is 12.8 Å². The predicted molar refractivity (Wildman–Crippen MR) is 52.6 cm³/mol. The van der Waals surface area contributed by atoms with Crippen molar-refractivity contribution < 1.29 is 14.6 Å². The van der Waals surface area contributed by atoms with Crippen LogP contribution in [-0.2, 0) is 14.6 Å². The van der Waals surface area contributed by atoms with E-state index in [1.807, 2.05) is 37.3 Å². The summed E-state index contributed by atoms with van der Waals surface area (Å²) in [6, 6.07) is 9.93. The zero-order chi connectivity index (χ0) is 10.4. The van der Waals surface area contributed by atoms with E-state index in [4.69, 9.17) is 4.89 Å². The molecule has 1 atom stereocenters. The zero-order valence-electron chi connectivity index (χ0n) is 8.40. The van der Waals surface area contributed by atoms with Crippen molar-refractivity contribution in [3.05, 3.63) is 35.9 Å². The number of hydrogen-bond donors (Lipinski definition) is 0. The summed E-state index contributed by atoms with van der Waals surface area (Å²) in [4.78, 5) is 19.6. The molecule has 1 aromatic rings. The van der Waals surface area contributed by atoms with Gasteiger partial charge in [0.2, 0.25) is 0 Å². The SMILES string of the molecule is CC(=O)OOCC(C)c1ccccc1. The molecule has 0 saturated heterocycles. The summed E-state index contributed by atoms with van der Waals surface area (Å²) in [5.74, 6) is -0.208. The molecule has 0 amide bonds. The van der Waals surface area contributed by atoms with Crippen molar-refractivity contribution in [3.8, 4) is 0 Å². The number of carbonyl (C=O) groups is 1. The average Bonchev–Trinajstić information content (AvgIpc) is 2.18. The van der Waals surface area contributed by atoms with Gasteiger partial charge in [0.25, 0.3) is 0 Å². The molecule has 0 aliphatic heterocycles. The largest absolute Gasteiger partial charge is 0.339 e. The van der Waals surface area contributed by atoms with Crippen LogP contribution in [0.3, 0.4) is 0 Å². The maximum atomic E-state index is 10.4. The molecule has 1 aromatic carbocycles. The third-order valence-electron chi connectivity index (χ3n) is 1.86. The van der Waals surface area contributed by atoms with Crippen molar-refractivity contribution in [3.63, 3.8) is 0 Å². The number of carbonyl (C=O) groups excluding carboxylic acids is 1. The Morgan fingerprint density at radius 1 is 1.36 bits per heavy atom. The average molecular weight is 194 g/mol. The quantitative estimate of drug-likeness (QED) is 0.545. The summed E-state index contributed by atoms with van der Waals surface area (Å²) in [7, 11) is 0. The fourth-order valence-electron chi connectivity index (χ4n) is 1.10. The lowest BCUT2D eigenvalue weighted by Crippen LogP contribution is -2.07. The van der Waals surface area contributed by atoms with Crippen molar-refractivity contribution in [1.29, 1.82) is 0 Å². The minimum Gasteiger partial charge on any atom is -0.299 e. The molecule has 76 valence electrons. The molecule has 0 aromatic heterocycles. The van der Waals surface area contributed by atoms with Crippen molar-refractivity contribution >= 4 is 5.97 Å². The lowest BCUT2D eigenvalue weighted by Gasteiger charge is -2.10. The Balaban J connectivity index is 2.36. The number of benzene rings is 1. The van der Waals surface area contributed by atoms with Gasteiger partial charge in [0.1, 0.15) is 6.61 Å². The van der Waals surface area contributed by atoms with E-state index in [0.29, 0.717) is 6.61 Å². The first-order chi connectivity index (χ1) is 6.70. The fourth-order valence-corrected chi connectivity index (χ4v) is 1.10. The van der Waals surface area contributed by atoms with Crippen molar-refractivity contribution in [1.82, 2.24) is 0 Å². The van der Waals surface area contributed by atoms with Gasteiger partial charge in [-0.1, -0.05) is 37.3 Å². The first kappa shape index (κ1) is 10.7. The van der Waals surface area contributed by atoms with Gasteiger partial charge in [-0.15, -0.1) is 0 Å². The lowest BCUT2D eigenvalue weighted by atomic mass is 10.0. The Kier molecular flexibility index (Phi) is 4.13. The van der Waals surface area contributed by atoms with Gasteiger partial charge < -0.3 is 0 Å². The summed E-state index contributed by atoms with van der Waals surface area (Å²) in [6.45, 7) is 3.70. The molecule has 0 aliphatic carbocycles. The second kappa shape index (κ2) is 5.40. The van der Waals surface area contributed by atoms with Gasteiger partial charge in [-0.05, 0) is 5.56 Å². The molecular weight excluding hydrogens is 180 g/mol. The molecular formula is C11H14O3. The minimum atomic E-state index is -0.426. The normalized spacial score (nSPS) is 12.1. The van der Waals surface area contributed by atoms with Crippen LogP contribution in [-0.4, -0.2) is 12.6 Å². The summed E-state index contributed by atoms with van der Waals surface area (Å²) >= 11 is 0. The molecule has 0 aliphatic rings. The number of rotatable bonds is 4. The van der Waals surface area contributed by atoms with Gasteiger partial charge in [-0.25, -0.2) is 4.79 Å². The van der Waals surface area contributed by atoms with Gasteiger partial charge in [-0.3, -0.25) is 4.89 Å². The summed E-state index contributed by atoms with van der Waals surface area (Å²) in [5.41, 5.74) is 1.17. The molecule has 0 fully saturated rings. The van der Waals surface area contributed by atoms with Gasteiger partial charge in [0.05, 0.1) is 0 Å². The highest BCUT2D eigenvalue weighted by atomic mass is 17.2. The predicted octanol–water partition coefficient (Wildman–Crippen LogP) is 2.28. The van der Waals surface area contributed by atoms with Crippen LogP contribution in [0.25, 0.3) is 0 Å². The summed E-state index contributed by atoms with van der Waals surface area (Å²) in [5, 5.41) is 0. The Hall–Kier alpha value is -1.35. The molecule has 1 rings (SSSR count). The lowest BCUT2D eigenvalue weighted by molar-refractivity contribution is -0.272. The van der Waals surface area contributed by atoms with E-state index >= 15 is 0 Å². The molecule has 0 spiro atoms. The Labute approximate surface area is 83.6 Å². The van der Waals surface area contributed by atoms with Crippen LogP contribution in [0.5, 0.6) is 0 Å². The van der Waals surface area contributed by atoms with E-state index in [1.54, 1.807) is 0 Å². The summed E-state index contributed by atoms with van der Waals surface area (Å²) < 4.78 is 0. The Morgan fingerprint density at radius 3 is 2.57 bits per heavy atom. The molecule has 14 heavy (non-hydrogen) atoms. The molecule has 3 nitrogen and oxygen atoms in total. The van der Waals surface area contributed by atoms with Crippen LogP contribution >= 0.6 is 0 Å². The highest BCUT2D eigenvalue weighted by molar-refractivity contribution is 5.65. The first-order valence-corrected chi connectivity index (χ1v) is 4.55. The van der Waals surface area contributed by atoms with Crippen molar-refractivity contribution in [2.45, 2.75) is 19.8 Å². The Morgan fingerprint density at radius 2 is 2.00 bits per heavy atom. The molecule has 0 heterocycles. The highest BCUT2D eigenvalue weighted by Crippen LogP contribution is 2.14. The van der Waals surface area contributed by atoms with E-state index in [2.05, 4.69) is 4.89 Å². The third-order valence-corrected chi connectivity index (χ3v) is 1.86. The van der Waals surface area contributed by atoms with Crippen LogP contribution in [0.15, 0.2) is 30.3 Å². The fraction of sp³-hybridized carbons (Fsp3) is 0.364. The summed E-state index contributed by atoms with van der Waals surface area (Å²) in [6.07, 6.45) is 0. The van der Waals surface area contributed by atoms with E-state index in [-0.39, 0.29) is 5.92 Å². The highest BCUT2D eigenvalue weighted by Gasteiger charge is 2.05. The molecule has 0 N–H and O–H groups in total. The first-order valence-electron chi connectivity index (χ1n) is 4.55. The maximum absolute atomic E-state index is 10.4. The van der Waals surface area contributed by atoms with E-state index < -0.39 is 5.97 Å². The van der Waals surface area contributed by atoms with Gasteiger partial charge in [0.15, 0.2) is 0 Å². The van der Waals surface area contributed by atoms with Crippen molar-refractivity contribution in [2.75, 3.05) is 6.61 Å². The van der Waals surface area contributed by atoms with E-state index in [1.165, 1.54) is 12.5 Å². The van der Waals surface area contributed by atoms with Crippen LogP contribution in [0, 0.1) is 0 Å². The second-order valence-corrected chi connectivity index (χ2v) is 3.17. The van der Waals surface area contributed by atoms with E-state index in [0.717, 1.165) is 0 Å². The standard InChI is InChI=1S/C11H14O3/c1-9(8-13-14-10(2)12)11-6-4-3-5-7-11/h3-7,9H,8H2,1-2H3. The zero-order valence-corrected chi connectivity index (χ0v) is 8.40. The smallest absolute Gasteiger partial charge is 0.299 e. The molecule has 0 saturated carbocycles. The maximum Gasteiger partial charge on any atom is 0.339 e. The van der Waals surface area contributed by atoms with Crippen molar-refractivity contribution in [2.24, 2.45) is 0 Å². The van der Waals surface area contributed by atoms with Crippen LogP contribution in [0.2, 0.25) is 0 Å². The van der Waals surface area contributed by atoms with Gasteiger partial charge >= 0.3 is 5.97 Å². The number of hydrogen-bond acceptors (Lipinski definition) is 3. The molecule has 0 radical (unpaired) electrons. The van der Waals surface area contributed by atoms with Crippen LogP contribution in [0.4, 0.5) is 0 Å².